The molecule has 32 heavy (non-hydrogen) atoms. The maximum Gasteiger partial charge on any atom is 0.410 e. The smallest absolute Gasteiger partial charge is 0.410 e. The second-order valence-electron chi connectivity index (χ2n) is 8.38. The third kappa shape index (κ3) is 4.81. The Balaban J connectivity index is 1.47. The average Bonchev–Trinajstić information content (AvgIpc) is 3.36. The molecule has 3 atom stereocenters. The van der Waals surface area contributed by atoms with E-state index >= 15 is 0 Å². The summed E-state index contributed by atoms with van der Waals surface area (Å²) in [7, 11) is 0. The van der Waals surface area contributed by atoms with Gasteiger partial charge in [-0.05, 0) is 25.0 Å². The van der Waals surface area contributed by atoms with E-state index in [1.807, 2.05) is 30.3 Å². The molecule has 1 aromatic rings. The van der Waals surface area contributed by atoms with Crippen molar-refractivity contribution in [3.8, 4) is 0 Å². The van der Waals surface area contributed by atoms with Gasteiger partial charge in [-0.15, -0.1) is 0 Å². The van der Waals surface area contributed by atoms with E-state index in [9.17, 15) is 19.6 Å². The third-order valence-electron chi connectivity index (χ3n) is 6.43. The minimum absolute atomic E-state index is 0.286. The van der Waals surface area contributed by atoms with Crippen molar-refractivity contribution < 1.29 is 29.1 Å². The number of rotatable bonds is 4. The Morgan fingerprint density at radius 3 is 2.44 bits per heavy atom. The quantitative estimate of drug-likeness (QED) is 0.521. The molecule has 0 aliphatic carbocycles. The van der Waals surface area contributed by atoms with Crippen molar-refractivity contribution in [3.63, 3.8) is 0 Å². The zero-order chi connectivity index (χ0) is 22.5. The summed E-state index contributed by atoms with van der Waals surface area (Å²) in [5.74, 6) is -1.78. The molecule has 1 unspecified atom stereocenters. The minimum Gasteiger partial charge on any atom is -0.444 e. The van der Waals surface area contributed by atoms with E-state index in [4.69, 9.17) is 9.47 Å². The maximum absolute atomic E-state index is 13.6. The van der Waals surface area contributed by atoms with Gasteiger partial charge in [-0.1, -0.05) is 18.2 Å². The molecule has 3 saturated heterocycles. The highest BCUT2D eigenvalue weighted by Gasteiger charge is 2.46. The first-order chi connectivity index (χ1) is 15.6. The average molecular weight is 447 g/mol. The molecule has 10 heteroatoms. The lowest BCUT2D eigenvalue weighted by atomic mass is 9.87. The molecule has 0 bridgehead atoms. The zero-order valence-electron chi connectivity index (χ0n) is 18.0. The molecule has 10 nitrogen and oxygen atoms in total. The van der Waals surface area contributed by atoms with Crippen LogP contribution in [0.5, 0.6) is 0 Å². The molecule has 3 amide bonds. The number of nitrogens with one attached hydrogen (secondary N) is 1. The van der Waals surface area contributed by atoms with Crippen molar-refractivity contribution in [3.05, 3.63) is 30.3 Å². The molecule has 0 spiro atoms. The van der Waals surface area contributed by atoms with Gasteiger partial charge in [0.2, 0.25) is 11.8 Å². The van der Waals surface area contributed by atoms with Crippen LogP contribution >= 0.6 is 0 Å². The van der Waals surface area contributed by atoms with Gasteiger partial charge in [0.1, 0.15) is 12.1 Å². The van der Waals surface area contributed by atoms with Gasteiger partial charge in [-0.2, -0.15) is 0 Å². The number of anilines is 1. The van der Waals surface area contributed by atoms with E-state index in [-0.39, 0.29) is 12.0 Å². The molecule has 3 aliphatic heterocycles. The summed E-state index contributed by atoms with van der Waals surface area (Å²) in [6.07, 6.45) is 0.598. The molecule has 3 fully saturated rings. The van der Waals surface area contributed by atoms with E-state index in [0.29, 0.717) is 65.2 Å². The van der Waals surface area contributed by atoms with Gasteiger partial charge in [0, 0.05) is 44.8 Å². The van der Waals surface area contributed by atoms with Crippen LogP contribution in [0.3, 0.4) is 0 Å². The highest BCUT2D eigenvalue weighted by Crippen LogP contribution is 2.28. The van der Waals surface area contributed by atoms with Gasteiger partial charge in [0.15, 0.2) is 0 Å². The fourth-order valence-corrected chi connectivity index (χ4v) is 4.69. The second kappa shape index (κ2) is 10.2. The molecule has 0 saturated carbocycles. The summed E-state index contributed by atoms with van der Waals surface area (Å²) in [6, 6.07) is 8.98. The lowest BCUT2D eigenvalue weighted by Gasteiger charge is -2.43. The number of benzene rings is 1. The number of carbonyl (C=O) groups excluding carboxylic acids is 3. The van der Waals surface area contributed by atoms with E-state index in [2.05, 4.69) is 4.90 Å². The van der Waals surface area contributed by atoms with Crippen LogP contribution in [0.25, 0.3) is 0 Å². The number of hydrogen-bond acceptors (Lipinski definition) is 7. The summed E-state index contributed by atoms with van der Waals surface area (Å²) in [5.41, 5.74) is 2.76. The number of ether oxygens (including phenoxy) is 2. The lowest BCUT2D eigenvalue weighted by molar-refractivity contribution is -0.148. The van der Waals surface area contributed by atoms with Crippen LogP contribution in [0.15, 0.2) is 30.3 Å². The first-order valence-electron chi connectivity index (χ1n) is 11.2. The Bertz CT molecular complexity index is 808. The number of para-hydroxylation sites is 1. The predicted octanol–water partition coefficient (Wildman–Crippen LogP) is 0.847. The third-order valence-corrected chi connectivity index (χ3v) is 6.43. The molecular formula is C22H30N4O6. The van der Waals surface area contributed by atoms with Gasteiger partial charge in [0.05, 0.1) is 19.1 Å². The SMILES string of the molecule is O=C(NO)[C@H]1CCCN(C(=O)OC2CCOC2)[C@@H]1C(=O)N1CCN(c2ccccc2)CC1. The van der Waals surface area contributed by atoms with Gasteiger partial charge in [-0.3, -0.25) is 19.7 Å². The van der Waals surface area contributed by atoms with Gasteiger partial charge < -0.3 is 19.3 Å². The van der Waals surface area contributed by atoms with Crippen molar-refractivity contribution in [2.75, 3.05) is 50.8 Å². The Hall–Kier alpha value is -2.85. The fraction of sp³-hybridized carbons (Fsp3) is 0.591. The van der Waals surface area contributed by atoms with Crippen molar-refractivity contribution in [2.24, 2.45) is 5.92 Å². The zero-order valence-corrected chi connectivity index (χ0v) is 18.0. The van der Waals surface area contributed by atoms with Gasteiger partial charge in [0.25, 0.3) is 0 Å². The van der Waals surface area contributed by atoms with E-state index < -0.39 is 24.0 Å². The van der Waals surface area contributed by atoms with E-state index in [1.54, 1.807) is 10.4 Å². The van der Waals surface area contributed by atoms with Crippen molar-refractivity contribution in [1.29, 1.82) is 0 Å². The summed E-state index contributed by atoms with van der Waals surface area (Å²) in [5, 5.41) is 9.23. The molecule has 2 N–H and O–H groups in total. The lowest BCUT2D eigenvalue weighted by Crippen LogP contribution is -2.62. The number of piperazine rings is 1. The Labute approximate surface area is 187 Å². The first kappa shape index (κ1) is 22.3. The van der Waals surface area contributed by atoms with E-state index in [1.165, 1.54) is 4.90 Å². The summed E-state index contributed by atoms with van der Waals surface area (Å²) >= 11 is 0. The van der Waals surface area contributed by atoms with Crippen LogP contribution in [0.2, 0.25) is 0 Å². The minimum atomic E-state index is -1.01. The fourth-order valence-electron chi connectivity index (χ4n) is 4.69. The molecule has 0 radical (unpaired) electrons. The highest BCUT2D eigenvalue weighted by molar-refractivity contribution is 5.92. The number of likely N-dealkylation sites (tertiary alicyclic amines) is 1. The maximum atomic E-state index is 13.6. The Morgan fingerprint density at radius 1 is 1.03 bits per heavy atom. The van der Waals surface area contributed by atoms with Gasteiger partial charge in [-0.25, -0.2) is 10.3 Å². The molecule has 3 aliphatic rings. The second-order valence-corrected chi connectivity index (χ2v) is 8.38. The van der Waals surface area contributed by atoms with Crippen LogP contribution < -0.4 is 10.4 Å². The van der Waals surface area contributed by atoms with Gasteiger partial charge >= 0.3 is 6.09 Å². The number of hydrogen-bond donors (Lipinski definition) is 2. The van der Waals surface area contributed by atoms with Crippen LogP contribution in [0, 0.1) is 5.92 Å². The first-order valence-corrected chi connectivity index (χ1v) is 11.2. The molecule has 4 rings (SSSR count). The van der Waals surface area contributed by atoms with Crippen LogP contribution in [0.1, 0.15) is 19.3 Å². The summed E-state index contributed by atoms with van der Waals surface area (Å²) < 4.78 is 10.8. The van der Waals surface area contributed by atoms with Crippen molar-refractivity contribution in [1.82, 2.24) is 15.3 Å². The van der Waals surface area contributed by atoms with Crippen LogP contribution in [-0.2, 0) is 19.1 Å². The molecular weight excluding hydrogens is 416 g/mol. The predicted molar refractivity (Wildman–Crippen MR) is 114 cm³/mol. The molecule has 0 aromatic heterocycles. The number of piperidine rings is 1. The standard InChI is InChI=1S/C22H30N4O6/c27-20(23-30)18-7-4-9-26(22(29)32-17-8-14-31-15-17)19(18)21(28)25-12-10-24(11-13-25)16-5-2-1-3-6-16/h1-3,5-6,17-19,30H,4,7-15H2,(H,23,27)/t17?,18-,19-/m0/s1. The highest BCUT2D eigenvalue weighted by atomic mass is 16.6. The van der Waals surface area contributed by atoms with Crippen LogP contribution in [0.4, 0.5) is 10.5 Å². The van der Waals surface area contributed by atoms with E-state index in [0.717, 1.165) is 5.69 Å². The summed E-state index contributed by atoms with van der Waals surface area (Å²) in [4.78, 5) is 44.1. The number of hydroxylamine groups is 1. The Kier molecular flexibility index (Phi) is 7.11. The molecule has 3 heterocycles. The largest absolute Gasteiger partial charge is 0.444 e. The summed E-state index contributed by atoms with van der Waals surface area (Å²) in [6.45, 7) is 3.46. The van der Waals surface area contributed by atoms with Crippen LogP contribution in [-0.4, -0.2) is 91.0 Å². The monoisotopic (exact) mass is 446 g/mol. The molecule has 174 valence electrons. The number of amides is 3. The Morgan fingerprint density at radius 2 is 1.78 bits per heavy atom. The number of carbonyl (C=O) groups is 3. The normalized spacial score (nSPS) is 26.0. The molecule has 1 aromatic carbocycles. The van der Waals surface area contributed by atoms with Crippen molar-refractivity contribution in [2.45, 2.75) is 31.4 Å². The topological polar surface area (TPSA) is 112 Å². The number of nitrogens with zero attached hydrogens (tertiary/aromatic N) is 3. The van der Waals surface area contributed by atoms with Crippen molar-refractivity contribution >= 4 is 23.6 Å².